The fraction of sp³-hybridized carbons (Fsp3) is 0.615. The van der Waals surface area contributed by atoms with E-state index in [-0.39, 0.29) is 22.8 Å². The number of benzene rings is 1. The fourth-order valence-electron chi connectivity index (χ4n) is 7.90. The minimum Gasteiger partial charge on any atom is -0.507 e. The van der Waals surface area contributed by atoms with E-state index in [1.54, 1.807) is 24.3 Å². The van der Waals surface area contributed by atoms with Crippen molar-refractivity contribution in [1.29, 1.82) is 0 Å². The van der Waals surface area contributed by atoms with Gasteiger partial charge in [0.2, 0.25) is 23.1 Å². The van der Waals surface area contributed by atoms with Crippen LogP contribution in [0.4, 0.5) is 0 Å². The number of ketones is 2. The summed E-state index contributed by atoms with van der Waals surface area (Å²) in [5.74, 6) is -0.263. The molecule has 0 amide bonds. The lowest BCUT2D eigenvalue weighted by atomic mass is 9.53. The normalized spacial score (nSPS) is 44.7. The smallest absolute Gasteiger partial charge is 0.234 e. The van der Waals surface area contributed by atoms with Crippen molar-refractivity contribution in [3.8, 4) is 0 Å². The first kappa shape index (κ1) is 19.4. The zero-order valence-electron chi connectivity index (χ0n) is 18.0. The summed E-state index contributed by atoms with van der Waals surface area (Å²) in [5, 5.41) is 10.9. The second kappa shape index (κ2) is 6.52. The number of hydrogen-bond donors (Lipinski definition) is 1. The average molecular weight is 437 g/mol. The second-order valence-electron chi connectivity index (χ2n) is 10.9. The minimum atomic E-state index is -0.776. The van der Waals surface area contributed by atoms with Crippen molar-refractivity contribution in [2.24, 2.45) is 29.6 Å². The summed E-state index contributed by atoms with van der Waals surface area (Å²) < 4.78 is 6.75. The number of fused-ring (bicyclic) bond motifs is 1. The van der Waals surface area contributed by atoms with E-state index in [9.17, 15) is 14.7 Å². The number of rotatable bonds is 1. The van der Waals surface area contributed by atoms with Gasteiger partial charge in [-0.05, 0) is 62.7 Å². The Morgan fingerprint density at radius 3 is 2.09 bits per heavy atom. The van der Waals surface area contributed by atoms with E-state index in [4.69, 9.17) is 14.5 Å². The summed E-state index contributed by atoms with van der Waals surface area (Å²) >= 11 is 0. The Labute approximate surface area is 186 Å². The molecule has 0 aromatic heterocycles. The van der Waals surface area contributed by atoms with Gasteiger partial charge in [-0.1, -0.05) is 24.3 Å². The molecule has 0 atom stereocenters. The Balaban J connectivity index is 1.13. The summed E-state index contributed by atoms with van der Waals surface area (Å²) in [5.41, 5.74) is 0.995. The van der Waals surface area contributed by atoms with Crippen LogP contribution in [0.15, 0.2) is 29.8 Å². The van der Waals surface area contributed by atoms with Crippen LogP contribution < -0.4 is 0 Å². The van der Waals surface area contributed by atoms with Crippen molar-refractivity contribution >= 4 is 17.3 Å². The van der Waals surface area contributed by atoms with Gasteiger partial charge in [0.05, 0.1) is 0 Å². The number of aliphatic hydroxyl groups excluding tert-OH is 1. The summed E-state index contributed by atoms with van der Waals surface area (Å²) in [4.78, 5) is 37.6. The van der Waals surface area contributed by atoms with E-state index in [1.807, 2.05) is 0 Å². The number of ether oxygens (including phenoxy) is 1. The summed E-state index contributed by atoms with van der Waals surface area (Å²) in [6.45, 7) is 0. The van der Waals surface area contributed by atoms with Crippen molar-refractivity contribution in [2.75, 3.05) is 0 Å². The number of Topliss-reactive ketones (excluding diaryl/α,β-unsaturated/α-hetero) is 2. The van der Waals surface area contributed by atoms with Gasteiger partial charge >= 0.3 is 0 Å². The summed E-state index contributed by atoms with van der Waals surface area (Å²) in [6.07, 6.45) is 8.46. The molecular formula is C26H28O6. The predicted octanol–water partition coefficient (Wildman–Crippen LogP) is 4.74. The monoisotopic (exact) mass is 436 g/mol. The van der Waals surface area contributed by atoms with E-state index in [2.05, 4.69) is 0 Å². The molecule has 1 aromatic rings. The van der Waals surface area contributed by atoms with E-state index in [0.29, 0.717) is 43.1 Å². The molecule has 32 heavy (non-hydrogen) atoms. The molecule has 6 nitrogen and oxygen atoms in total. The third kappa shape index (κ3) is 2.52. The molecule has 168 valence electrons. The van der Waals surface area contributed by atoms with Crippen LogP contribution in [0.25, 0.3) is 5.76 Å². The van der Waals surface area contributed by atoms with Gasteiger partial charge in [0.25, 0.3) is 0 Å². The molecule has 4 bridgehead atoms. The van der Waals surface area contributed by atoms with Crippen LogP contribution in [-0.2, 0) is 19.3 Å². The molecule has 5 saturated carbocycles. The van der Waals surface area contributed by atoms with Gasteiger partial charge in [-0.25, -0.2) is 0 Å². The summed E-state index contributed by atoms with van der Waals surface area (Å²) in [7, 11) is 0. The number of allylic oxidation sites excluding steroid dienone is 1. The number of hydrogen-bond acceptors (Lipinski definition) is 6. The zero-order valence-corrected chi connectivity index (χ0v) is 18.0. The number of carbonyl (C=O) groups is 2. The Bertz CT molecular complexity index is 1020. The Hall–Kier alpha value is -2.02. The van der Waals surface area contributed by atoms with Crippen LogP contribution in [0.2, 0.25) is 0 Å². The van der Waals surface area contributed by atoms with Gasteiger partial charge < -0.3 is 9.84 Å². The second-order valence-corrected chi connectivity index (χ2v) is 10.9. The highest BCUT2D eigenvalue weighted by atomic mass is 17.3. The molecule has 0 radical (unpaired) electrons. The fourth-order valence-corrected chi connectivity index (χ4v) is 7.90. The van der Waals surface area contributed by atoms with Crippen molar-refractivity contribution in [1.82, 2.24) is 0 Å². The number of carbonyl (C=O) groups excluding carboxylic acids is 2. The quantitative estimate of drug-likeness (QED) is 0.506. The lowest BCUT2D eigenvalue weighted by Crippen LogP contribution is -2.59. The SMILES string of the molecule is O=C1C(=O)c2ccccc2C(O)=C1C1CCC2(CC1)OOC1(O2)C2CC3CC(C2)CC1C3. The molecule has 6 fully saturated rings. The molecule has 8 rings (SSSR count). The maximum absolute atomic E-state index is 12.9. The molecule has 0 unspecified atom stereocenters. The van der Waals surface area contributed by atoms with Crippen LogP contribution in [0.5, 0.6) is 0 Å². The lowest BCUT2D eigenvalue weighted by molar-refractivity contribution is -0.390. The molecule has 6 aliphatic carbocycles. The Morgan fingerprint density at radius 2 is 1.44 bits per heavy atom. The first-order valence-corrected chi connectivity index (χ1v) is 12.2. The molecule has 7 aliphatic rings. The lowest BCUT2D eigenvalue weighted by Gasteiger charge is -2.57. The van der Waals surface area contributed by atoms with Gasteiger partial charge in [0.15, 0.2) is 0 Å². The van der Waals surface area contributed by atoms with Crippen LogP contribution in [0.3, 0.4) is 0 Å². The van der Waals surface area contributed by atoms with Gasteiger partial charge in [-0.2, -0.15) is 9.78 Å². The highest BCUT2D eigenvalue weighted by molar-refractivity contribution is 6.52. The highest BCUT2D eigenvalue weighted by Crippen LogP contribution is 2.64. The average Bonchev–Trinajstić information content (AvgIpc) is 3.17. The van der Waals surface area contributed by atoms with E-state index >= 15 is 0 Å². The summed E-state index contributed by atoms with van der Waals surface area (Å²) in [6, 6.07) is 6.78. The largest absolute Gasteiger partial charge is 0.507 e. The molecule has 1 N–H and O–H groups in total. The first-order valence-electron chi connectivity index (χ1n) is 12.2. The van der Waals surface area contributed by atoms with Gasteiger partial charge in [0.1, 0.15) is 5.76 Å². The molecule has 1 aromatic carbocycles. The predicted molar refractivity (Wildman–Crippen MR) is 113 cm³/mol. The van der Waals surface area contributed by atoms with E-state index in [1.165, 1.54) is 32.1 Å². The van der Waals surface area contributed by atoms with Crippen LogP contribution >= 0.6 is 0 Å². The van der Waals surface area contributed by atoms with Gasteiger partial charge in [0, 0.05) is 41.4 Å². The third-order valence-electron chi connectivity index (χ3n) is 9.23. The minimum absolute atomic E-state index is 0.0480. The van der Waals surface area contributed by atoms with Crippen molar-refractivity contribution < 1.29 is 29.2 Å². The third-order valence-corrected chi connectivity index (χ3v) is 9.23. The van der Waals surface area contributed by atoms with E-state index in [0.717, 1.165) is 11.8 Å². The van der Waals surface area contributed by atoms with Crippen LogP contribution in [0.1, 0.15) is 73.7 Å². The van der Waals surface area contributed by atoms with Crippen LogP contribution in [0, 0.1) is 29.6 Å². The number of aliphatic hydroxyl groups is 1. The maximum Gasteiger partial charge on any atom is 0.234 e. The highest BCUT2D eigenvalue weighted by Gasteiger charge is 2.67. The van der Waals surface area contributed by atoms with Gasteiger partial charge in [-0.3, -0.25) is 9.59 Å². The molecule has 1 saturated heterocycles. The standard InChI is InChI=1S/C26H28O6/c27-22-19-3-1-2-4-20(19)23(28)24(29)21(22)16-5-7-25(8-6-16)30-26(32-31-25)17-10-14-9-15(12-17)13-18(26)11-14/h1-4,14-18,27H,5-13H2. The first-order chi connectivity index (χ1) is 15.5. The topological polar surface area (TPSA) is 82.1 Å². The van der Waals surface area contributed by atoms with Gasteiger partial charge in [-0.15, -0.1) is 0 Å². The van der Waals surface area contributed by atoms with Crippen molar-refractivity contribution in [3.63, 3.8) is 0 Å². The van der Waals surface area contributed by atoms with Crippen LogP contribution in [-0.4, -0.2) is 28.2 Å². The Morgan fingerprint density at radius 1 is 0.812 bits per heavy atom. The van der Waals surface area contributed by atoms with Crippen molar-refractivity contribution in [3.05, 3.63) is 41.0 Å². The molecule has 1 heterocycles. The maximum atomic E-state index is 12.9. The molecule has 2 spiro atoms. The Kier molecular flexibility index (Phi) is 3.96. The molecule has 1 aliphatic heterocycles. The molecular weight excluding hydrogens is 408 g/mol. The zero-order chi connectivity index (χ0) is 21.7. The van der Waals surface area contributed by atoms with E-state index < -0.39 is 23.1 Å². The molecule has 6 heteroatoms. The van der Waals surface area contributed by atoms with Crippen molar-refractivity contribution in [2.45, 2.75) is 69.4 Å².